The van der Waals surface area contributed by atoms with Gasteiger partial charge in [0.05, 0.1) is 0 Å². The molecule has 19 heteroatoms. The van der Waals surface area contributed by atoms with E-state index in [1.165, 1.54) is 36.1 Å². The van der Waals surface area contributed by atoms with Gasteiger partial charge >= 0.3 is 5.97 Å². The van der Waals surface area contributed by atoms with Gasteiger partial charge < -0.3 is 25.5 Å². The molecule has 51 heavy (non-hydrogen) atoms. The fraction of sp³-hybridized carbons (Fsp3) is 0.219. The van der Waals surface area contributed by atoms with Crippen molar-refractivity contribution in [2.75, 3.05) is 29.4 Å². The van der Waals surface area contributed by atoms with Gasteiger partial charge in [-0.25, -0.2) is 9.78 Å². The highest BCUT2D eigenvalue weighted by Crippen LogP contribution is 2.45. The molecule has 0 saturated carbocycles. The molecule has 2 atom stereocenters. The van der Waals surface area contributed by atoms with Crippen molar-refractivity contribution in [1.82, 2.24) is 25.4 Å². The number of aromatic nitrogens is 3. The van der Waals surface area contributed by atoms with Gasteiger partial charge in [0, 0.05) is 23.6 Å². The summed E-state index contributed by atoms with van der Waals surface area (Å²) in [7, 11) is 1.25. The molecule has 4 aromatic rings. The van der Waals surface area contributed by atoms with Crippen LogP contribution in [0.1, 0.15) is 34.9 Å². The fourth-order valence-corrected chi connectivity index (χ4v) is 8.21. The van der Waals surface area contributed by atoms with Crippen molar-refractivity contribution in [3.63, 3.8) is 0 Å². The number of fused-ring (bicyclic) bond motifs is 1. The van der Waals surface area contributed by atoms with E-state index in [4.69, 9.17) is 21.2 Å². The van der Waals surface area contributed by atoms with Crippen LogP contribution in [-0.2, 0) is 33.5 Å². The van der Waals surface area contributed by atoms with Crippen molar-refractivity contribution in [1.29, 1.82) is 0 Å². The lowest BCUT2D eigenvalue weighted by Crippen LogP contribution is -2.71. The zero-order valence-corrected chi connectivity index (χ0v) is 29.9. The molecule has 6 rings (SSSR count). The van der Waals surface area contributed by atoms with E-state index in [9.17, 15) is 24.0 Å². The van der Waals surface area contributed by atoms with Gasteiger partial charge in [0.15, 0.2) is 16.9 Å². The molecular weight excluding hydrogens is 740 g/mol. The van der Waals surface area contributed by atoms with E-state index in [1.807, 2.05) is 60.7 Å². The number of amides is 4. The fourth-order valence-electron chi connectivity index (χ4n) is 5.16. The van der Waals surface area contributed by atoms with Crippen LogP contribution in [0, 0.1) is 0 Å². The molecule has 2 aliphatic heterocycles. The Bertz CT molecular complexity index is 2000. The summed E-state index contributed by atoms with van der Waals surface area (Å²) in [6, 6.07) is 17.3. The molecule has 1 fully saturated rings. The Hall–Kier alpha value is -5.17. The van der Waals surface area contributed by atoms with Gasteiger partial charge in [-0.1, -0.05) is 77.2 Å². The highest BCUT2D eigenvalue weighted by molar-refractivity contribution is 8.00. The van der Waals surface area contributed by atoms with E-state index >= 15 is 0 Å². The Morgan fingerprint density at radius 1 is 1.02 bits per heavy atom. The average molecular weight is 767 g/mol. The van der Waals surface area contributed by atoms with Gasteiger partial charge in [-0.2, -0.15) is 0 Å². The molecule has 3 N–H and O–H groups in total. The summed E-state index contributed by atoms with van der Waals surface area (Å²) in [6.07, 6.45) is -0.817. The van der Waals surface area contributed by atoms with Crippen LogP contribution in [0.3, 0.4) is 0 Å². The average Bonchev–Trinajstić information content (AvgIpc) is 3.80. The highest BCUT2D eigenvalue weighted by Gasteiger charge is 2.55. The number of β-lactam (4-membered cyclic amide) rings is 1. The number of thiazole rings is 1. The summed E-state index contributed by atoms with van der Waals surface area (Å²) >= 11 is 8.94. The summed E-state index contributed by atoms with van der Waals surface area (Å²) in [5.74, 6) is -3.07. The number of nitrogens with one attached hydrogen (secondary N) is 3. The molecule has 0 spiro atoms. The number of carbonyl (C=O) groups is 5. The third-order valence-corrected chi connectivity index (χ3v) is 10.5. The second-order valence-corrected chi connectivity index (χ2v) is 13.9. The van der Waals surface area contributed by atoms with Crippen LogP contribution in [0.25, 0.3) is 5.57 Å². The number of rotatable bonds is 12. The number of thioether (sulfide) groups is 1. The molecule has 0 radical (unpaired) electrons. The number of hydrogen-bond donors (Lipinski definition) is 3. The number of halogens is 1. The second-order valence-electron chi connectivity index (χ2n) is 10.7. The van der Waals surface area contributed by atoms with Crippen molar-refractivity contribution >= 4 is 97.2 Å². The normalized spacial score (nSPS) is 17.0. The summed E-state index contributed by atoms with van der Waals surface area (Å²) in [6.45, 7) is 1.33. The molecule has 0 aliphatic carbocycles. The van der Waals surface area contributed by atoms with Crippen LogP contribution < -0.4 is 16.0 Å². The van der Waals surface area contributed by atoms with E-state index in [1.54, 1.807) is 0 Å². The first-order valence-electron chi connectivity index (χ1n) is 15.0. The predicted molar refractivity (Wildman–Crippen MR) is 192 cm³/mol. The van der Waals surface area contributed by atoms with Crippen molar-refractivity contribution in [3.05, 3.63) is 93.6 Å². The van der Waals surface area contributed by atoms with Gasteiger partial charge in [0.25, 0.3) is 11.8 Å². The summed E-state index contributed by atoms with van der Waals surface area (Å²) < 4.78 is 6.19. The quantitative estimate of drug-likeness (QED) is 0.0627. The number of oxime groups is 1. The Labute approximate surface area is 307 Å². The Kier molecular flexibility index (Phi) is 11.0. The van der Waals surface area contributed by atoms with Crippen molar-refractivity contribution in [3.8, 4) is 0 Å². The van der Waals surface area contributed by atoms with E-state index in [-0.39, 0.29) is 44.9 Å². The molecule has 4 amide bonds. The number of alkyl halides is 1. The maximum Gasteiger partial charge on any atom is 0.356 e. The molecule has 1 saturated heterocycles. The lowest BCUT2D eigenvalue weighted by Gasteiger charge is -2.49. The molecule has 1 unspecified atom stereocenters. The van der Waals surface area contributed by atoms with Crippen LogP contribution in [0.5, 0.6) is 0 Å². The Morgan fingerprint density at radius 2 is 1.71 bits per heavy atom. The largest absolute Gasteiger partial charge is 0.448 e. The molecule has 15 nitrogen and oxygen atoms in total. The minimum Gasteiger partial charge on any atom is -0.448 e. The van der Waals surface area contributed by atoms with Gasteiger partial charge in [0.2, 0.25) is 16.9 Å². The number of anilines is 2. The zero-order valence-electron chi connectivity index (χ0n) is 26.7. The van der Waals surface area contributed by atoms with E-state index in [0.29, 0.717) is 21.7 Å². The van der Waals surface area contributed by atoms with Crippen molar-refractivity contribution in [2.24, 2.45) is 5.16 Å². The first kappa shape index (κ1) is 35.6. The van der Waals surface area contributed by atoms with Crippen molar-refractivity contribution in [2.45, 2.75) is 24.4 Å². The first-order valence-corrected chi connectivity index (χ1v) is 18.3. The zero-order chi connectivity index (χ0) is 36.1. The molecule has 4 heterocycles. The third kappa shape index (κ3) is 7.78. The summed E-state index contributed by atoms with van der Waals surface area (Å²) in [4.78, 5) is 75.4. The molecule has 0 bridgehead atoms. The minimum atomic E-state index is -1.06. The standard InChI is InChI=1S/C32H27ClN8O7S3/c1-16(42)34-32-39-38-27(51-32)19-14-49-29-23(37-26(44)22(40-47-2)20-15-50-31(35-20)36-21(43)13-33)28(45)41(29)24(19)30(46)48-25(17-9-5-3-6-10-17)18-11-7-4-8-12-18/h3-12,15,23,25,29H,13-14H2,1-2H3,(H,37,44)(H,34,39,42)(H,35,36,43)/t23?,29-/m0/s1. The SMILES string of the molecule is CON=C(C(=O)NC1C(=O)N2C(C(=O)OC(c3ccccc3)c3ccccc3)=C(c3nnc(NC(C)=O)s3)CS[C@@H]12)c1csc(NC(=O)CCl)n1. The molecule has 2 aromatic heterocycles. The third-order valence-electron chi connectivity index (χ3n) is 7.36. The predicted octanol–water partition coefficient (Wildman–Crippen LogP) is 3.62. The smallest absolute Gasteiger partial charge is 0.356 e. The van der Waals surface area contributed by atoms with Crippen LogP contribution in [0.4, 0.5) is 10.3 Å². The molecule has 2 aliphatic rings. The second kappa shape index (κ2) is 15.8. The number of carbonyl (C=O) groups excluding carboxylic acids is 5. The van der Waals surface area contributed by atoms with E-state index < -0.39 is 41.2 Å². The number of benzene rings is 2. The minimum absolute atomic E-state index is 0.0541. The van der Waals surface area contributed by atoms with Crippen LogP contribution in [-0.4, -0.2) is 85.5 Å². The molecule has 262 valence electrons. The molecular formula is C32H27ClN8O7S3. The van der Waals surface area contributed by atoms with E-state index in [2.05, 4.69) is 36.3 Å². The highest BCUT2D eigenvalue weighted by atomic mass is 35.5. The Balaban J connectivity index is 1.30. The lowest BCUT2D eigenvalue weighted by atomic mass is 10.0. The maximum atomic E-state index is 14.3. The monoisotopic (exact) mass is 766 g/mol. The maximum absolute atomic E-state index is 14.3. The van der Waals surface area contributed by atoms with Gasteiger partial charge in [-0.3, -0.25) is 24.1 Å². The van der Waals surface area contributed by atoms with Gasteiger partial charge in [-0.05, 0) is 11.1 Å². The lowest BCUT2D eigenvalue weighted by molar-refractivity contribution is -0.154. The number of nitrogens with zero attached hydrogens (tertiary/aromatic N) is 5. The Morgan fingerprint density at radius 3 is 2.33 bits per heavy atom. The topological polar surface area (TPSA) is 194 Å². The molecule has 2 aromatic carbocycles. The number of hydrogen-bond acceptors (Lipinski definition) is 14. The van der Waals surface area contributed by atoms with Crippen LogP contribution >= 0.6 is 46.0 Å². The summed E-state index contributed by atoms with van der Waals surface area (Å²) in [5, 5.41) is 21.3. The van der Waals surface area contributed by atoms with Gasteiger partial charge in [0.1, 0.15) is 40.8 Å². The number of esters is 1. The van der Waals surface area contributed by atoms with E-state index in [0.717, 1.165) is 22.7 Å². The van der Waals surface area contributed by atoms with Gasteiger partial charge in [-0.15, -0.1) is 44.9 Å². The number of ether oxygens (including phenoxy) is 1. The first-order chi connectivity index (χ1) is 24.7. The van der Waals surface area contributed by atoms with Crippen molar-refractivity contribution < 1.29 is 33.5 Å². The van der Waals surface area contributed by atoms with Crippen LogP contribution in [0.15, 0.2) is 76.9 Å². The van der Waals surface area contributed by atoms with Crippen LogP contribution in [0.2, 0.25) is 0 Å². The summed E-state index contributed by atoms with van der Waals surface area (Å²) in [5.41, 5.74) is 1.60.